The first-order valence-electron chi connectivity index (χ1n) is 4.68. The monoisotopic (exact) mass is 325 g/mol. The molecule has 12 heteroatoms. The molecule has 1 aromatic rings. The van der Waals surface area contributed by atoms with E-state index in [0.717, 1.165) is 0 Å². The van der Waals surface area contributed by atoms with E-state index in [1.54, 1.807) is 17.0 Å². The van der Waals surface area contributed by atoms with Crippen LogP contribution in [-0.4, -0.2) is 11.8 Å². The average molecular weight is 325 g/mol. The Morgan fingerprint density at radius 3 is 1.60 bits per heavy atom. The first-order chi connectivity index (χ1) is 8.54. The van der Waals surface area contributed by atoms with Crippen LogP contribution in [0.5, 0.6) is 0 Å². The third-order valence-electron chi connectivity index (χ3n) is 1.51. The molecule has 0 radical (unpaired) electrons. The molecule has 0 aliphatic heterocycles. The number of hydrogen-bond acceptors (Lipinski definition) is 2. The minimum Gasteiger partial charge on any atom is -0.366 e. The molecule has 1 aromatic heterocycles. The number of carbonyl (C=O) groups excluding carboxylic acids is 2. The predicted octanol–water partition coefficient (Wildman–Crippen LogP) is 1.94. The Balaban J connectivity index is 0.000000441. The maximum absolute atomic E-state index is 10.7. The van der Waals surface area contributed by atoms with Gasteiger partial charge in [-0.2, -0.15) is 4.57 Å². The van der Waals surface area contributed by atoms with Crippen LogP contribution in [0, 0.1) is 0 Å². The quantitative estimate of drug-likeness (QED) is 0.505. The Kier molecular flexibility index (Phi) is 4.43. The van der Waals surface area contributed by atoms with Gasteiger partial charge in [-0.25, -0.2) is 0 Å². The van der Waals surface area contributed by atoms with E-state index in [4.69, 9.17) is 11.5 Å². The van der Waals surface area contributed by atoms with Gasteiger partial charge in [0.1, 0.15) is 0 Å². The van der Waals surface area contributed by atoms with Gasteiger partial charge in [0, 0.05) is 12.1 Å². The number of amides is 2. The molecule has 1 rings (SSSR count). The molecule has 4 N–H and O–H groups in total. The smallest absolute Gasteiger partial charge is 0.283 e. The average Bonchev–Trinajstić information content (AvgIpc) is 2.12. The normalized spacial score (nSPS) is 14.3. The molecule has 0 saturated heterocycles. The summed E-state index contributed by atoms with van der Waals surface area (Å²) in [6.45, 7) is 0.0963. The van der Waals surface area contributed by atoms with E-state index in [9.17, 15) is 34.8 Å². The summed E-state index contributed by atoms with van der Waals surface area (Å²) in [5, 5.41) is 0. The number of carbonyl (C=O) groups is 2. The molecule has 5 nitrogen and oxygen atoms in total. The number of hydrogen-bond donors (Lipinski definition) is 2. The van der Waals surface area contributed by atoms with Gasteiger partial charge in [0.2, 0.25) is 12.5 Å². The molecule has 0 aliphatic carbocycles. The van der Waals surface area contributed by atoms with Crippen molar-refractivity contribution in [1.29, 1.82) is 0 Å². The standard InChI is InChI=1S/C8H9N3O2.F6P/c9-7(12)5-11-3-1-6(2-4-11)8(10)13;1-7(2,3,4,5)6/h1-4H,5H2,(H3-,9,10,12,13);/q;-1/p+1. The van der Waals surface area contributed by atoms with Crippen molar-refractivity contribution in [1.82, 2.24) is 0 Å². The third kappa shape index (κ3) is 14.2. The second-order valence-corrected chi connectivity index (χ2v) is 5.46. The van der Waals surface area contributed by atoms with Crippen LogP contribution in [0.25, 0.3) is 0 Å². The van der Waals surface area contributed by atoms with Gasteiger partial charge >= 0.3 is 33.0 Å². The van der Waals surface area contributed by atoms with E-state index in [2.05, 4.69) is 0 Å². The molecular weight excluding hydrogens is 315 g/mol. The summed E-state index contributed by atoms with van der Waals surface area (Å²) in [5.74, 6) is -0.928. The van der Waals surface area contributed by atoms with Crippen molar-refractivity contribution in [2.24, 2.45) is 11.5 Å². The molecular formula is C8H10F6N3O2P. The molecule has 2 amide bonds. The second-order valence-electron chi connectivity index (χ2n) is 3.55. The van der Waals surface area contributed by atoms with Crippen LogP contribution in [-0.2, 0) is 11.3 Å². The molecule has 0 aromatic carbocycles. The fourth-order valence-electron chi connectivity index (χ4n) is 0.907. The molecule has 20 heavy (non-hydrogen) atoms. The minimum absolute atomic E-state index is 0.0963. The number of primary amides is 2. The first-order valence-corrected chi connectivity index (χ1v) is 6.71. The zero-order valence-corrected chi connectivity index (χ0v) is 10.5. The number of pyridine rings is 1. The maximum atomic E-state index is 10.7. The number of nitrogens with two attached hydrogens (primary N) is 2. The molecule has 116 valence electrons. The molecule has 0 fully saturated rings. The summed E-state index contributed by atoms with van der Waals surface area (Å²) in [6.07, 6.45) is 3.15. The topological polar surface area (TPSA) is 90.1 Å². The number of nitrogens with zero attached hydrogens (tertiary/aromatic N) is 1. The largest absolute Gasteiger partial charge is 0.366 e. The Labute approximate surface area is 108 Å². The summed E-state index contributed by atoms with van der Waals surface area (Å²) in [6, 6.07) is 3.07. The van der Waals surface area contributed by atoms with E-state index in [0.29, 0.717) is 5.56 Å². The van der Waals surface area contributed by atoms with Crippen molar-refractivity contribution in [2.45, 2.75) is 6.54 Å². The summed E-state index contributed by atoms with van der Waals surface area (Å²) < 4.78 is 60.8. The molecule has 0 unspecified atom stereocenters. The summed E-state index contributed by atoms with van der Waals surface area (Å²) in [4.78, 5) is 21.2. The molecule has 0 saturated carbocycles. The van der Waals surface area contributed by atoms with Crippen LogP contribution in [0.15, 0.2) is 24.5 Å². The van der Waals surface area contributed by atoms with E-state index in [-0.39, 0.29) is 6.54 Å². The van der Waals surface area contributed by atoms with Crippen LogP contribution in [0.1, 0.15) is 10.4 Å². The van der Waals surface area contributed by atoms with Gasteiger partial charge in [0.15, 0.2) is 12.4 Å². The Hall–Kier alpha value is -1.90. The fraction of sp³-hybridized carbons (Fsp3) is 0.125. The van der Waals surface area contributed by atoms with Gasteiger partial charge < -0.3 is 11.5 Å². The molecule has 0 aliphatic rings. The maximum Gasteiger partial charge on any atom is 0.283 e. The van der Waals surface area contributed by atoms with Crippen LogP contribution < -0.4 is 16.0 Å². The van der Waals surface area contributed by atoms with Crippen molar-refractivity contribution in [3.63, 3.8) is 0 Å². The van der Waals surface area contributed by atoms with Crippen LogP contribution >= 0.6 is 7.81 Å². The van der Waals surface area contributed by atoms with Crippen LogP contribution in [0.4, 0.5) is 25.2 Å². The molecule has 0 spiro atoms. The van der Waals surface area contributed by atoms with E-state index < -0.39 is 19.6 Å². The van der Waals surface area contributed by atoms with Gasteiger partial charge in [-0.05, 0) is 0 Å². The van der Waals surface area contributed by atoms with Gasteiger partial charge in [-0.1, -0.05) is 0 Å². The van der Waals surface area contributed by atoms with Crippen molar-refractivity contribution in [3.05, 3.63) is 30.1 Å². The fourth-order valence-corrected chi connectivity index (χ4v) is 0.907. The predicted molar refractivity (Wildman–Crippen MR) is 57.9 cm³/mol. The summed E-state index contributed by atoms with van der Waals surface area (Å²) in [7, 11) is -10.7. The van der Waals surface area contributed by atoms with E-state index >= 15 is 0 Å². The Bertz CT molecular complexity index is 501. The minimum atomic E-state index is -10.7. The zero-order chi connectivity index (χ0) is 16.3. The van der Waals surface area contributed by atoms with Gasteiger partial charge in [-0.15, -0.1) is 0 Å². The van der Waals surface area contributed by atoms with Crippen molar-refractivity contribution in [2.75, 3.05) is 0 Å². The third-order valence-corrected chi connectivity index (χ3v) is 1.51. The first kappa shape index (κ1) is 18.1. The second kappa shape index (κ2) is 4.89. The number of rotatable bonds is 3. The van der Waals surface area contributed by atoms with Gasteiger partial charge in [-0.3, -0.25) is 9.59 Å². The molecule has 1 heterocycles. The van der Waals surface area contributed by atoms with Gasteiger partial charge in [0.25, 0.3) is 5.91 Å². The van der Waals surface area contributed by atoms with Crippen molar-refractivity contribution >= 4 is 19.6 Å². The molecule has 0 bridgehead atoms. The van der Waals surface area contributed by atoms with Crippen molar-refractivity contribution in [3.8, 4) is 0 Å². The van der Waals surface area contributed by atoms with Crippen LogP contribution in [0.2, 0.25) is 0 Å². The Morgan fingerprint density at radius 1 is 1.00 bits per heavy atom. The van der Waals surface area contributed by atoms with E-state index in [1.807, 2.05) is 0 Å². The zero-order valence-electron chi connectivity index (χ0n) is 9.65. The Morgan fingerprint density at radius 2 is 1.35 bits per heavy atom. The van der Waals surface area contributed by atoms with E-state index in [1.165, 1.54) is 12.1 Å². The summed E-state index contributed by atoms with van der Waals surface area (Å²) >= 11 is 0. The van der Waals surface area contributed by atoms with Crippen molar-refractivity contribution < 1.29 is 39.3 Å². The summed E-state index contributed by atoms with van der Waals surface area (Å²) in [5.41, 5.74) is 10.4. The van der Waals surface area contributed by atoms with Crippen LogP contribution in [0.3, 0.4) is 0 Å². The number of halogens is 6. The SMILES string of the molecule is F[P-](F)(F)(F)(F)F.NC(=O)C[n+]1ccc(C(N)=O)cc1. The van der Waals surface area contributed by atoms with Gasteiger partial charge in [0.05, 0.1) is 5.56 Å². The number of aromatic nitrogens is 1. The molecule has 0 atom stereocenters.